The number of carbonyl (C=O) groups is 1. The van der Waals surface area contributed by atoms with Crippen molar-refractivity contribution in [1.82, 2.24) is 15.2 Å². The molecule has 3 aliphatic heterocycles. The zero-order valence-electron chi connectivity index (χ0n) is 18.2. The molecule has 162 valence electrons. The van der Waals surface area contributed by atoms with E-state index in [2.05, 4.69) is 58.5 Å². The molecule has 1 amide bonds. The maximum absolute atomic E-state index is 12.4. The Kier molecular flexibility index (Phi) is 4.40. The van der Waals surface area contributed by atoms with E-state index in [0.29, 0.717) is 18.0 Å². The Morgan fingerprint density at radius 3 is 2.61 bits per heavy atom. The van der Waals surface area contributed by atoms with Crippen molar-refractivity contribution in [1.29, 1.82) is 0 Å². The first kappa shape index (κ1) is 19.3. The topological polar surface area (TPSA) is 60.5 Å². The average Bonchev–Trinajstić information content (AvgIpc) is 3.04. The quantitative estimate of drug-likeness (QED) is 0.639. The van der Waals surface area contributed by atoms with Gasteiger partial charge >= 0.3 is 0 Å². The van der Waals surface area contributed by atoms with E-state index in [0.717, 1.165) is 57.0 Å². The van der Waals surface area contributed by atoms with Gasteiger partial charge in [0.25, 0.3) is 5.91 Å². The Morgan fingerprint density at radius 2 is 1.84 bits per heavy atom. The second kappa shape index (κ2) is 7.07. The molecule has 0 saturated carbocycles. The lowest BCUT2D eigenvalue weighted by Gasteiger charge is -2.55. The molecule has 3 aliphatic rings. The molecule has 6 rings (SSSR count). The van der Waals surface area contributed by atoms with Crippen LogP contribution < -0.4 is 15.5 Å². The number of piperidine rings is 1. The number of carbonyl (C=O) groups excluding carboxylic acids is 1. The van der Waals surface area contributed by atoms with Crippen molar-refractivity contribution in [3.05, 3.63) is 29.1 Å². The first-order chi connectivity index (χ1) is 15.0. The first-order valence-electron chi connectivity index (χ1n) is 11.4. The number of aromatic nitrogens is 1. The Hall–Kier alpha value is -2.38. The second-order valence-corrected chi connectivity index (χ2v) is 10.7. The van der Waals surface area contributed by atoms with E-state index in [-0.39, 0.29) is 5.91 Å². The Labute approximate surface area is 186 Å². The minimum absolute atomic E-state index is 0.0215. The molecule has 7 heteroatoms. The molecule has 0 bridgehead atoms. The van der Waals surface area contributed by atoms with Crippen molar-refractivity contribution >= 4 is 49.7 Å². The third-order valence-corrected chi connectivity index (χ3v) is 8.54. The van der Waals surface area contributed by atoms with Crippen LogP contribution in [0.1, 0.15) is 36.4 Å². The molecule has 31 heavy (non-hydrogen) atoms. The van der Waals surface area contributed by atoms with Gasteiger partial charge in [-0.2, -0.15) is 0 Å². The van der Waals surface area contributed by atoms with Crippen molar-refractivity contribution in [2.24, 2.45) is 5.41 Å². The smallest absolute Gasteiger partial charge is 0.263 e. The Bertz CT molecular complexity index is 1170. The number of fused-ring (bicyclic) bond motifs is 5. The zero-order valence-corrected chi connectivity index (χ0v) is 19.0. The number of thiophene rings is 1. The van der Waals surface area contributed by atoms with Gasteiger partial charge in [-0.1, -0.05) is 0 Å². The zero-order chi connectivity index (χ0) is 21.2. The van der Waals surface area contributed by atoms with Gasteiger partial charge in [0.1, 0.15) is 10.7 Å². The number of likely N-dealkylation sites (tertiary alicyclic amines) is 1. The number of anilines is 2. The number of amides is 1. The van der Waals surface area contributed by atoms with Gasteiger partial charge in [0.05, 0.1) is 11.2 Å². The summed E-state index contributed by atoms with van der Waals surface area (Å²) in [5, 5.41) is 8.70. The predicted octanol–water partition coefficient (Wildman–Crippen LogP) is 3.92. The summed E-state index contributed by atoms with van der Waals surface area (Å²) in [4.78, 5) is 23.3. The van der Waals surface area contributed by atoms with Gasteiger partial charge < -0.3 is 15.5 Å². The van der Waals surface area contributed by atoms with Crippen LogP contribution in [0.25, 0.3) is 21.0 Å². The largest absolute Gasteiger partial charge is 0.381 e. The number of nitrogens with one attached hydrogen (secondary N) is 2. The van der Waals surface area contributed by atoms with Crippen molar-refractivity contribution in [2.45, 2.75) is 32.7 Å². The molecule has 5 heterocycles. The van der Waals surface area contributed by atoms with Gasteiger partial charge in [0.2, 0.25) is 0 Å². The molecule has 1 spiro atoms. The van der Waals surface area contributed by atoms with Crippen LogP contribution in [0.15, 0.2) is 24.3 Å². The van der Waals surface area contributed by atoms with Crippen LogP contribution in [-0.4, -0.2) is 61.1 Å². The summed E-state index contributed by atoms with van der Waals surface area (Å²) in [5.74, 6) is 1.10. The highest BCUT2D eigenvalue weighted by molar-refractivity contribution is 7.21. The molecule has 2 saturated heterocycles. The summed E-state index contributed by atoms with van der Waals surface area (Å²) < 4.78 is 1.14. The maximum atomic E-state index is 12.4. The number of hydrogen-bond donors (Lipinski definition) is 2. The van der Waals surface area contributed by atoms with Crippen molar-refractivity contribution in [3.8, 4) is 0 Å². The lowest BCUT2D eigenvalue weighted by Crippen LogP contribution is -2.62. The lowest BCUT2D eigenvalue weighted by atomic mass is 9.71. The molecule has 2 N–H and O–H groups in total. The van der Waals surface area contributed by atoms with Crippen molar-refractivity contribution in [2.75, 3.05) is 49.5 Å². The average molecular weight is 436 g/mol. The van der Waals surface area contributed by atoms with Gasteiger partial charge in [-0.3, -0.25) is 9.69 Å². The normalized spacial score (nSPS) is 21.1. The van der Waals surface area contributed by atoms with Crippen LogP contribution >= 0.6 is 11.3 Å². The van der Waals surface area contributed by atoms with E-state index in [4.69, 9.17) is 4.98 Å². The highest BCUT2D eigenvalue weighted by atomic mass is 32.1. The van der Waals surface area contributed by atoms with E-state index in [9.17, 15) is 4.79 Å². The van der Waals surface area contributed by atoms with Crippen molar-refractivity contribution < 1.29 is 4.79 Å². The van der Waals surface area contributed by atoms with Crippen LogP contribution in [0.2, 0.25) is 0 Å². The van der Waals surface area contributed by atoms with Gasteiger partial charge in [-0.05, 0) is 56.4 Å². The second-order valence-electron chi connectivity index (χ2n) is 9.65. The minimum atomic E-state index is 0.0215. The van der Waals surface area contributed by atoms with Crippen LogP contribution in [0.3, 0.4) is 0 Å². The number of nitrogens with zero attached hydrogens (tertiary/aromatic N) is 3. The summed E-state index contributed by atoms with van der Waals surface area (Å²) in [6.45, 7) is 10.7. The van der Waals surface area contributed by atoms with E-state index >= 15 is 0 Å². The van der Waals surface area contributed by atoms with E-state index in [1.807, 2.05) is 0 Å². The molecule has 2 aromatic heterocycles. The van der Waals surface area contributed by atoms with Crippen LogP contribution in [-0.2, 0) is 0 Å². The highest BCUT2D eigenvalue weighted by Gasteiger charge is 2.45. The van der Waals surface area contributed by atoms with Crippen molar-refractivity contribution in [3.63, 3.8) is 0 Å². The summed E-state index contributed by atoms with van der Waals surface area (Å²) in [6.07, 6.45) is 2.51. The SMILES string of the molecule is CC(C)N1CC2(CCN(c3ccc4c(ccc5sc6c(c54)NCCNC6=O)n3)CC2)C1. The number of rotatable bonds is 2. The number of benzene rings is 1. The molecule has 6 nitrogen and oxygen atoms in total. The Balaban J connectivity index is 1.29. The molecule has 1 aromatic carbocycles. The molecule has 0 radical (unpaired) electrons. The van der Waals surface area contributed by atoms with Gasteiger partial charge in [-0.15, -0.1) is 11.3 Å². The van der Waals surface area contributed by atoms with Gasteiger partial charge in [-0.25, -0.2) is 4.98 Å². The fraction of sp³-hybridized carbons (Fsp3) is 0.500. The molecule has 0 atom stereocenters. The highest BCUT2D eigenvalue weighted by Crippen LogP contribution is 2.43. The molecule has 0 unspecified atom stereocenters. The summed E-state index contributed by atoms with van der Waals surface area (Å²) in [6, 6.07) is 9.25. The summed E-state index contributed by atoms with van der Waals surface area (Å²) in [5.41, 5.74) is 2.51. The lowest BCUT2D eigenvalue weighted by molar-refractivity contribution is -0.0381. The minimum Gasteiger partial charge on any atom is -0.381 e. The molecular formula is C24H29N5OS. The van der Waals surface area contributed by atoms with E-state index in [1.165, 1.54) is 25.9 Å². The third-order valence-electron chi connectivity index (χ3n) is 7.38. The summed E-state index contributed by atoms with van der Waals surface area (Å²) >= 11 is 1.56. The number of pyridine rings is 1. The fourth-order valence-corrected chi connectivity index (χ4v) is 6.56. The molecule has 0 aliphatic carbocycles. The maximum Gasteiger partial charge on any atom is 0.263 e. The Morgan fingerprint density at radius 1 is 1.06 bits per heavy atom. The van der Waals surface area contributed by atoms with E-state index < -0.39 is 0 Å². The summed E-state index contributed by atoms with van der Waals surface area (Å²) in [7, 11) is 0. The number of hydrogen-bond acceptors (Lipinski definition) is 6. The van der Waals surface area contributed by atoms with Crippen LogP contribution in [0.5, 0.6) is 0 Å². The van der Waals surface area contributed by atoms with Crippen LogP contribution in [0.4, 0.5) is 11.5 Å². The first-order valence-corrected chi connectivity index (χ1v) is 12.2. The van der Waals surface area contributed by atoms with E-state index in [1.54, 1.807) is 11.3 Å². The van der Waals surface area contributed by atoms with Crippen LogP contribution in [0, 0.1) is 5.41 Å². The molecule has 3 aromatic rings. The fourth-order valence-electron chi connectivity index (χ4n) is 5.45. The molecule has 2 fully saturated rings. The van der Waals surface area contributed by atoms with Gasteiger partial charge in [0, 0.05) is 60.8 Å². The monoisotopic (exact) mass is 435 g/mol. The third kappa shape index (κ3) is 3.09. The molecular weight excluding hydrogens is 406 g/mol. The van der Waals surface area contributed by atoms with Gasteiger partial charge in [0.15, 0.2) is 0 Å². The standard InChI is InChI=1S/C24H29N5OS/c1-15(2)29-13-24(14-29)7-11-28(12-8-24)19-6-3-16-17(27-19)4-5-18-20(16)21-22(31-18)23(30)26-10-9-25-21/h3-6,15,25H,7-14H2,1-2H3,(H,26,30). The predicted molar refractivity (Wildman–Crippen MR) is 129 cm³/mol.